The van der Waals surface area contributed by atoms with Crippen LogP contribution >= 0.6 is 0 Å². The van der Waals surface area contributed by atoms with Crippen molar-refractivity contribution >= 4 is 0 Å². The molecule has 4 rings (SSSR count). The zero-order chi connectivity index (χ0) is 17.6. The van der Waals surface area contributed by atoms with Crippen LogP contribution in [0.15, 0.2) is 18.2 Å². The van der Waals surface area contributed by atoms with E-state index in [9.17, 15) is 0 Å². The van der Waals surface area contributed by atoms with Crippen LogP contribution in [0.1, 0.15) is 48.0 Å². The van der Waals surface area contributed by atoms with Gasteiger partial charge in [-0.05, 0) is 70.5 Å². The van der Waals surface area contributed by atoms with E-state index >= 15 is 0 Å². The number of aryl methyl sites for hydroxylation is 2. The van der Waals surface area contributed by atoms with Crippen LogP contribution in [-0.4, -0.2) is 57.8 Å². The van der Waals surface area contributed by atoms with Gasteiger partial charge >= 0.3 is 0 Å². The molecule has 25 heavy (non-hydrogen) atoms. The Morgan fingerprint density at radius 3 is 2.56 bits per heavy atom. The zero-order valence-corrected chi connectivity index (χ0v) is 15.9. The lowest BCUT2D eigenvalue weighted by Crippen LogP contribution is -2.31. The first-order valence-corrected chi connectivity index (χ1v) is 9.43. The van der Waals surface area contributed by atoms with Gasteiger partial charge in [-0.3, -0.25) is 4.90 Å². The number of rotatable bonds is 5. The minimum absolute atomic E-state index is 0.583. The van der Waals surface area contributed by atoms with Crippen molar-refractivity contribution in [2.75, 3.05) is 27.2 Å². The van der Waals surface area contributed by atoms with Crippen molar-refractivity contribution in [3.05, 3.63) is 41.0 Å². The first kappa shape index (κ1) is 16.7. The van der Waals surface area contributed by atoms with Crippen molar-refractivity contribution in [3.8, 4) is 5.69 Å². The summed E-state index contributed by atoms with van der Waals surface area (Å²) in [6.45, 7) is 7.46. The molecule has 5 heteroatoms. The van der Waals surface area contributed by atoms with Gasteiger partial charge in [0.05, 0.1) is 12.2 Å². The minimum Gasteiger partial charge on any atom is -0.305 e. The molecule has 2 aliphatic rings. The Balaban J connectivity index is 1.61. The van der Waals surface area contributed by atoms with Crippen molar-refractivity contribution in [2.24, 2.45) is 0 Å². The monoisotopic (exact) mass is 339 g/mol. The predicted octanol–water partition coefficient (Wildman–Crippen LogP) is 2.90. The van der Waals surface area contributed by atoms with Gasteiger partial charge in [0.15, 0.2) is 5.82 Å². The van der Waals surface area contributed by atoms with Crippen LogP contribution in [0.2, 0.25) is 0 Å². The highest BCUT2D eigenvalue weighted by atomic mass is 15.4. The molecule has 0 unspecified atom stereocenters. The van der Waals surface area contributed by atoms with Crippen molar-refractivity contribution in [2.45, 2.75) is 51.6 Å². The molecule has 134 valence electrons. The first-order chi connectivity index (χ1) is 12.0. The standard InChI is InChI=1S/C20H29N5/c1-14-5-8-17(11-15(14)2)25-19(21-20(22-25)16-6-7-16)13-24-10-9-18(12-24)23(3)4/h5,8,11,16,18H,6-7,9-10,12-13H2,1-4H3/t18-/m1/s1. The highest BCUT2D eigenvalue weighted by Gasteiger charge is 2.31. The Labute approximate surface area is 150 Å². The Morgan fingerprint density at radius 2 is 1.92 bits per heavy atom. The molecule has 1 atom stereocenters. The summed E-state index contributed by atoms with van der Waals surface area (Å²) in [4.78, 5) is 9.78. The van der Waals surface area contributed by atoms with Crippen LogP contribution in [0.4, 0.5) is 0 Å². The smallest absolute Gasteiger partial charge is 0.154 e. The molecular weight excluding hydrogens is 310 g/mol. The molecule has 2 fully saturated rings. The van der Waals surface area contributed by atoms with Crippen molar-refractivity contribution in [1.29, 1.82) is 0 Å². The van der Waals surface area contributed by atoms with Gasteiger partial charge in [0.2, 0.25) is 0 Å². The van der Waals surface area contributed by atoms with Crippen molar-refractivity contribution in [3.63, 3.8) is 0 Å². The van der Waals surface area contributed by atoms with E-state index in [-0.39, 0.29) is 0 Å². The second kappa shape index (κ2) is 6.54. The second-order valence-corrected chi connectivity index (χ2v) is 7.98. The third-order valence-electron chi connectivity index (χ3n) is 5.71. The molecule has 2 aromatic rings. The molecule has 0 bridgehead atoms. The summed E-state index contributed by atoms with van der Waals surface area (Å²) in [6, 6.07) is 7.24. The molecule has 0 spiro atoms. The van der Waals surface area contributed by atoms with Crippen LogP contribution in [0.25, 0.3) is 5.69 Å². The van der Waals surface area contributed by atoms with Crippen molar-refractivity contribution in [1.82, 2.24) is 24.6 Å². The SMILES string of the molecule is Cc1ccc(-n2nc(C3CC3)nc2CN2CC[C@@H](N(C)C)C2)cc1C. The van der Waals surface area contributed by atoms with Gasteiger partial charge in [-0.1, -0.05) is 6.07 Å². The first-order valence-electron chi connectivity index (χ1n) is 9.43. The summed E-state index contributed by atoms with van der Waals surface area (Å²) in [7, 11) is 4.36. The normalized spacial score (nSPS) is 21.4. The van der Waals surface area contributed by atoms with Crippen LogP contribution in [0, 0.1) is 13.8 Å². The van der Waals surface area contributed by atoms with Gasteiger partial charge in [-0.15, -0.1) is 0 Å². The molecule has 1 saturated carbocycles. The molecule has 1 aliphatic heterocycles. The molecule has 1 aliphatic carbocycles. The van der Waals surface area contributed by atoms with E-state index in [2.05, 4.69) is 60.6 Å². The van der Waals surface area contributed by atoms with Crippen LogP contribution in [0.5, 0.6) is 0 Å². The molecule has 2 heterocycles. The van der Waals surface area contributed by atoms with Crippen LogP contribution in [-0.2, 0) is 6.54 Å². The van der Waals surface area contributed by atoms with E-state index < -0.39 is 0 Å². The zero-order valence-electron chi connectivity index (χ0n) is 15.9. The molecule has 1 saturated heterocycles. The number of likely N-dealkylation sites (N-methyl/N-ethyl adjacent to an activating group) is 1. The fourth-order valence-electron chi connectivity index (χ4n) is 3.62. The third-order valence-corrected chi connectivity index (χ3v) is 5.71. The second-order valence-electron chi connectivity index (χ2n) is 7.98. The van der Waals surface area contributed by atoms with E-state index in [1.807, 2.05) is 0 Å². The van der Waals surface area contributed by atoms with Gasteiger partial charge in [0.25, 0.3) is 0 Å². The molecular formula is C20H29N5. The Kier molecular flexibility index (Phi) is 4.38. The topological polar surface area (TPSA) is 37.2 Å². The largest absolute Gasteiger partial charge is 0.305 e. The summed E-state index contributed by atoms with van der Waals surface area (Å²) in [5.74, 6) is 2.71. The molecule has 0 amide bonds. The minimum atomic E-state index is 0.583. The third kappa shape index (κ3) is 3.48. The quantitative estimate of drug-likeness (QED) is 0.839. The van der Waals surface area contributed by atoms with Crippen LogP contribution < -0.4 is 0 Å². The predicted molar refractivity (Wildman–Crippen MR) is 100 cm³/mol. The summed E-state index contributed by atoms with van der Waals surface area (Å²) in [6.07, 6.45) is 3.71. The number of aromatic nitrogens is 3. The number of likely N-dealkylation sites (tertiary alicyclic amines) is 1. The lowest BCUT2D eigenvalue weighted by Gasteiger charge is -2.20. The molecule has 5 nitrogen and oxygen atoms in total. The maximum atomic E-state index is 4.93. The molecule has 1 aromatic heterocycles. The summed E-state index contributed by atoms with van der Waals surface area (Å²) < 4.78 is 2.09. The van der Waals surface area contributed by atoms with Gasteiger partial charge in [-0.25, -0.2) is 9.67 Å². The fraction of sp³-hybridized carbons (Fsp3) is 0.600. The van der Waals surface area contributed by atoms with E-state index in [4.69, 9.17) is 10.1 Å². The Morgan fingerprint density at radius 1 is 1.12 bits per heavy atom. The van der Waals surface area contributed by atoms with Gasteiger partial charge in [0.1, 0.15) is 5.82 Å². The van der Waals surface area contributed by atoms with Crippen molar-refractivity contribution < 1.29 is 0 Å². The van der Waals surface area contributed by atoms with Gasteiger partial charge in [0, 0.05) is 25.0 Å². The van der Waals surface area contributed by atoms with E-state index in [0.717, 1.165) is 37.0 Å². The average molecular weight is 339 g/mol. The maximum Gasteiger partial charge on any atom is 0.154 e. The van der Waals surface area contributed by atoms with E-state index in [0.29, 0.717) is 12.0 Å². The summed E-state index contributed by atoms with van der Waals surface area (Å²) in [5, 5.41) is 4.88. The lowest BCUT2D eigenvalue weighted by atomic mass is 10.1. The molecule has 0 radical (unpaired) electrons. The number of benzene rings is 1. The number of hydrogen-bond acceptors (Lipinski definition) is 4. The maximum absolute atomic E-state index is 4.93. The van der Waals surface area contributed by atoms with Crippen LogP contribution in [0.3, 0.4) is 0 Å². The lowest BCUT2D eigenvalue weighted by molar-refractivity contribution is 0.260. The molecule has 1 aromatic carbocycles. The van der Waals surface area contributed by atoms with Gasteiger partial charge in [-0.2, -0.15) is 5.10 Å². The number of hydrogen-bond donors (Lipinski definition) is 0. The summed E-state index contributed by atoms with van der Waals surface area (Å²) >= 11 is 0. The summed E-state index contributed by atoms with van der Waals surface area (Å²) in [5.41, 5.74) is 3.77. The van der Waals surface area contributed by atoms with Gasteiger partial charge < -0.3 is 4.90 Å². The molecule has 0 N–H and O–H groups in total. The Bertz CT molecular complexity index is 759. The number of nitrogens with zero attached hydrogens (tertiary/aromatic N) is 5. The average Bonchev–Trinajstić information content (AvgIpc) is 3.18. The highest BCUT2D eigenvalue weighted by Crippen LogP contribution is 2.38. The Hall–Kier alpha value is -1.72. The van der Waals surface area contributed by atoms with E-state index in [1.165, 1.54) is 30.4 Å². The highest BCUT2D eigenvalue weighted by molar-refractivity contribution is 5.39. The van der Waals surface area contributed by atoms with E-state index in [1.54, 1.807) is 0 Å². The fourth-order valence-corrected chi connectivity index (χ4v) is 3.62.